The molecule has 0 radical (unpaired) electrons. The largest absolute Gasteiger partial charge is 0.463 e. The number of ether oxygens (including phenoxy) is 2. The Morgan fingerprint density at radius 3 is 2.58 bits per heavy atom. The van der Waals surface area contributed by atoms with Gasteiger partial charge in [-0.05, 0) is 12.0 Å². The van der Waals surface area contributed by atoms with Gasteiger partial charge in [0.15, 0.2) is 0 Å². The van der Waals surface area contributed by atoms with Crippen molar-refractivity contribution in [3.8, 4) is 0 Å². The third-order valence-electron chi connectivity index (χ3n) is 2.84. The van der Waals surface area contributed by atoms with Gasteiger partial charge in [0, 0.05) is 13.2 Å². The maximum atomic E-state index is 11.9. The van der Waals surface area contributed by atoms with Gasteiger partial charge < -0.3 is 15.2 Å². The van der Waals surface area contributed by atoms with Crippen LogP contribution in [0.3, 0.4) is 0 Å². The molecule has 1 rings (SSSR count). The molecule has 0 heterocycles. The number of benzene rings is 1. The van der Waals surface area contributed by atoms with Crippen molar-refractivity contribution in [1.29, 1.82) is 0 Å². The Morgan fingerprint density at radius 1 is 1.21 bits per heavy atom. The van der Waals surface area contributed by atoms with Crippen molar-refractivity contribution in [3.63, 3.8) is 0 Å². The van der Waals surface area contributed by atoms with Gasteiger partial charge in [-0.1, -0.05) is 43.7 Å². The summed E-state index contributed by atoms with van der Waals surface area (Å²) in [5, 5.41) is 0. The Kier molecular flexibility index (Phi) is 7.86. The van der Waals surface area contributed by atoms with E-state index in [0.29, 0.717) is 13.2 Å². The lowest BCUT2D eigenvalue weighted by Crippen LogP contribution is -2.25. The lowest BCUT2D eigenvalue weighted by atomic mass is 10.00. The number of unbranched alkanes of at least 4 members (excludes halogenated alkanes) is 1. The van der Waals surface area contributed by atoms with Gasteiger partial charge in [-0.3, -0.25) is 4.79 Å². The zero-order chi connectivity index (χ0) is 13.9. The van der Waals surface area contributed by atoms with Gasteiger partial charge in [0.25, 0.3) is 0 Å². The molecule has 1 aromatic carbocycles. The van der Waals surface area contributed by atoms with Crippen molar-refractivity contribution < 1.29 is 14.3 Å². The smallest absolute Gasteiger partial charge is 0.314 e. The van der Waals surface area contributed by atoms with Gasteiger partial charge in [-0.2, -0.15) is 0 Å². The molecule has 4 heteroatoms. The Labute approximate surface area is 114 Å². The normalized spacial score (nSPS) is 12.1. The first-order valence-electron chi connectivity index (χ1n) is 6.79. The predicted molar refractivity (Wildman–Crippen MR) is 74.9 cm³/mol. The Bertz CT molecular complexity index is 354. The summed E-state index contributed by atoms with van der Waals surface area (Å²) in [5.74, 6) is -0.676. The van der Waals surface area contributed by atoms with Gasteiger partial charge >= 0.3 is 5.97 Å². The molecule has 0 saturated carbocycles. The summed E-state index contributed by atoms with van der Waals surface area (Å²) in [4.78, 5) is 11.9. The third-order valence-corrected chi connectivity index (χ3v) is 2.84. The highest BCUT2D eigenvalue weighted by Crippen LogP contribution is 2.15. The number of carbonyl (C=O) groups is 1. The maximum absolute atomic E-state index is 11.9. The number of rotatable bonds is 9. The lowest BCUT2D eigenvalue weighted by Gasteiger charge is -2.14. The molecule has 1 atom stereocenters. The second-order valence-electron chi connectivity index (χ2n) is 4.33. The molecule has 0 spiro atoms. The molecule has 0 aliphatic heterocycles. The lowest BCUT2D eigenvalue weighted by molar-refractivity contribution is -0.146. The number of nitrogens with two attached hydrogens (primary N) is 1. The first kappa shape index (κ1) is 15.7. The number of hydrogen-bond acceptors (Lipinski definition) is 4. The summed E-state index contributed by atoms with van der Waals surface area (Å²) in [5.41, 5.74) is 6.53. The van der Waals surface area contributed by atoms with E-state index in [1.165, 1.54) is 0 Å². The van der Waals surface area contributed by atoms with E-state index >= 15 is 0 Å². The number of carbonyl (C=O) groups excluding carboxylic acids is 1. The molecule has 4 nitrogen and oxygen atoms in total. The van der Waals surface area contributed by atoms with Crippen LogP contribution < -0.4 is 5.73 Å². The Hall–Kier alpha value is -1.39. The average molecular weight is 265 g/mol. The van der Waals surface area contributed by atoms with Crippen LogP contribution >= 0.6 is 0 Å². The highest BCUT2D eigenvalue weighted by atomic mass is 16.6. The molecule has 0 bridgehead atoms. The monoisotopic (exact) mass is 265 g/mol. The zero-order valence-corrected chi connectivity index (χ0v) is 11.5. The van der Waals surface area contributed by atoms with Crippen LogP contribution in [0.5, 0.6) is 0 Å². The third kappa shape index (κ3) is 5.85. The second kappa shape index (κ2) is 9.53. The predicted octanol–water partition coefficient (Wildman–Crippen LogP) is 2.09. The standard InChI is InChI=1S/C15H23NO3/c1-2-3-9-18-10-11-19-15(17)14(12-16)13-7-5-4-6-8-13/h4-8,14H,2-3,9-12,16H2,1H3. The first-order valence-corrected chi connectivity index (χ1v) is 6.79. The van der Waals surface area contributed by atoms with Crippen LogP contribution in [0, 0.1) is 0 Å². The summed E-state index contributed by atoms with van der Waals surface area (Å²) in [6.45, 7) is 3.80. The fourth-order valence-corrected chi connectivity index (χ4v) is 1.70. The summed E-state index contributed by atoms with van der Waals surface area (Å²) >= 11 is 0. The molecule has 106 valence electrons. The van der Waals surface area contributed by atoms with Crippen LogP contribution in [-0.2, 0) is 14.3 Å². The number of hydrogen-bond donors (Lipinski definition) is 1. The SMILES string of the molecule is CCCCOCCOC(=O)C(CN)c1ccccc1. The van der Waals surface area contributed by atoms with Crippen molar-refractivity contribution in [2.75, 3.05) is 26.4 Å². The molecule has 0 aromatic heterocycles. The summed E-state index contributed by atoms with van der Waals surface area (Å²) < 4.78 is 10.5. The van der Waals surface area contributed by atoms with Crippen molar-refractivity contribution in [2.24, 2.45) is 5.73 Å². The van der Waals surface area contributed by atoms with E-state index in [2.05, 4.69) is 6.92 Å². The fraction of sp³-hybridized carbons (Fsp3) is 0.533. The molecule has 1 aromatic rings. The molecule has 0 amide bonds. The Morgan fingerprint density at radius 2 is 1.95 bits per heavy atom. The van der Waals surface area contributed by atoms with Crippen LogP contribution in [0.1, 0.15) is 31.2 Å². The van der Waals surface area contributed by atoms with Crippen LogP contribution in [0.15, 0.2) is 30.3 Å². The first-order chi connectivity index (χ1) is 9.29. The van der Waals surface area contributed by atoms with Crippen molar-refractivity contribution >= 4 is 5.97 Å². The molecule has 0 aliphatic rings. The zero-order valence-electron chi connectivity index (χ0n) is 11.5. The average Bonchev–Trinajstić information content (AvgIpc) is 2.45. The minimum Gasteiger partial charge on any atom is -0.463 e. The fourth-order valence-electron chi connectivity index (χ4n) is 1.70. The van der Waals surface area contributed by atoms with Crippen LogP contribution in [0.4, 0.5) is 0 Å². The molecule has 19 heavy (non-hydrogen) atoms. The minimum atomic E-state index is -0.392. The quantitative estimate of drug-likeness (QED) is 0.548. The van der Waals surface area contributed by atoms with Crippen LogP contribution in [0.2, 0.25) is 0 Å². The minimum absolute atomic E-state index is 0.250. The van der Waals surface area contributed by atoms with Gasteiger partial charge in [-0.15, -0.1) is 0 Å². The van der Waals surface area contributed by atoms with E-state index in [4.69, 9.17) is 15.2 Å². The molecule has 0 aliphatic carbocycles. The second-order valence-corrected chi connectivity index (χ2v) is 4.33. The summed E-state index contributed by atoms with van der Waals surface area (Å²) in [6, 6.07) is 9.45. The van der Waals surface area contributed by atoms with Gasteiger partial charge in [0.05, 0.1) is 12.5 Å². The highest BCUT2D eigenvalue weighted by molar-refractivity contribution is 5.78. The van der Waals surface area contributed by atoms with Gasteiger partial charge in [0.1, 0.15) is 6.61 Å². The van der Waals surface area contributed by atoms with Crippen molar-refractivity contribution in [3.05, 3.63) is 35.9 Å². The van der Waals surface area contributed by atoms with Crippen LogP contribution in [-0.4, -0.2) is 32.3 Å². The van der Waals surface area contributed by atoms with Crippen LogP contribution in [0.25, 0.3) is 0 Å². The van der Waals surface area contributed by atoms with Crippen molar-refractivity contribution in [1.82, 2.24) is 0 Å². The van der Waals surface area contributed by atoms with E-state index < -0.39 is 5.92 Å². The molecule has 0 fully saturated rings. The topological polar surface area (TPSA) is 61.5 Å². The van der Waals surface area contributed by atoms with E-state index in [0.717, 1.165) is 18.4 Å². The van der Waals surface area contributed by atoms with Gasteiger partial charge in [0.2, 0.25) is 0 Å². The van der Waals surface area contributed by atoms with E-state index in [9.17, 15) is 4.79 Å². The molecular weight excluding hydrogens is 242 g/mol. The molecular formula is C15H23NO3. The van der Waals surface area contributed by atoms with E-state index in [1.54, 1.807) is 0 Å². The summed E-state index contributed by atoms with van der Waals surface area (Å²) in [7, 11) is 0. The summed E-state index contributed by atoms with van der Waals surface area (Å²) in [6.07, 6.45) is 2.13. The van der Waals surface area contributed by atoms with E-state index in [1.807, 2.05) is 30.3 Å². The maximum Gasteiger partial charge on any atom is 0.314 e. The molecule has 2 N–H and O–H groups in total. The highest BCUT2D eigenvalue weighted by Gasteiger charge is 2.19. The molecule has 1 unspecified atom stereocenters. The van der Waals surface area contributed by atoms with Crippen molar-refractivity contribution in [2.45, 2.75) is 25.7 Å². The van der Waals surface area contributed by atoms with E-state index in [-0.39, 0.29) is 19.1 Å². The van der Waals surface area contributed by atoms with Gasteiger partial charge in [-0.25, -0.2) is 0 Å². The Balaban J connectivity index is 2.31. The number of esters is 1. The molecule has 0 saturated heterocycles.